The molecular weight excluding hydrogens is 248 g/mol. The number of nitrogens with zero attached hydrogens (tertiary/aromatic N) is 1. The number of nitrogens with two attached hydrogens (primary N) is 1. The van der Waals surface area contributed by atoms with E-state index in [1.807, 2.05) is 32.0 Å². The van der Waals surface area contributed by atoms with Gasteiger partial charge in [-0.3, -0.25) is 4.79 Å². The Balaban J connectivity index is 2.54. The summed E-state index contributed by atoms with van der Waals surface area (Å²) in [5.74, 6) is 0.548. The van der Waals surface area contributed by atoms with E-state index >= 15 is 0 Å². The van der Waals surface area contributed by atoms with Gasteiger partial charge in [0.2, 0.25) is 0 Å². The standard InChI is InChI=1S/C13H18N2O2S/c1-10(2)15(8-12(14)18)13(16)9-17-11-6-4-3-5-7-11/h3-7,10H,8-9H2,1-2H3,(H2,14,18). The minimum atomic E-state index is -0.123. The maximum atomic E-state index is 12.0. The monoisotopic (exact) mass is 266 g/mol. The normalized spacial score (nSPS) is 10.2. The Bertz CT molecular complexity index is 407. The van der Waals surface area contributed by atoms with Crippen molar-refractivity contribution in [1.29, 1.82) is 0 Å². The molecule has 0 radical (unpaired) electrons. The molecule has 0 spiro atoms. The number of rotatable bonds is 6. The van der Waals surface area contributed by atoms with Crippen molar-refractivity contribution in [3.05, 3.63) is 30.3 Å². The molecule has 18 heavy (non-hydrogen) atoms. The fraction of sp³-hybridized carbons (Fsp3) is 0.385. The first kappa shape index (κ1) is 14.4. The van der Waals surface area contributed by atoms with E-state index in [0.717, 1.165) is 0 Å². The van der Waals surface area contributed by atoms with Gasteiger partial charge in [-0.1, -0.05) is 30.4 Å². The molecule has 0 unspecified atom stereocenters. The molecule has 0 bridgehead atoms. The maximum absolute atomic E-state index is 12.0. The van der Waals surface area contributed by atoms with Crippen molar-refractivity contribution in [2.24, 2.45) is 5.73 Å². The summed E-state index contributed by atoms with van der Waals surface area (Å²) >= 11 is 4.83. The third-order valence-corrected chi connectivity index (χ3v) is 2.50. The van der Waals surface area contributed by atoms with Crippen LogP contribution >= 0.6 is 12.2 Å². The number of thiocarbonyl (C=S) groups is 1. The highest BCUT2D eigenvalue weighted by Crippen LogP contribution is 2.09. The van der Waals surface area contributed by atoms with E-state index in [-0.39, 0.29) is 25.1 Å². The van der Waals surface area contributed by atoms with Crippen LogP contribution in [0.5, 0.6) is 5.75 Å². The molecule has 0 aliphatic heterocycles. The lowest BCUT2D eigenvalue weighted by Gasteiger charge is -2.26. The van der Waals surface area contributed by atoms with Crippen LogP contribution in [0.1, 0.15) is 13.8 Å². The first-order valence-corrected chi connectivity index (χ1v) is 6.17. The molecule has 1 aromatic rings. The molecule has 0 saturated carbocycles. The van der Waals surface area contributed by atoms with Gasteiger partial charge in [0.25, 0.3) is 5.91 Å². The Morgan fingerprint density at radius 2 is 2.00 bits per heavy atom. The van der Waals surface area contributed by atoms with E-state index in [0.29, 0.717) is 10.7 Å². The van der Waals surface area contributed by atoms with Gasteiger partial charge in [0, 0.05) is 6.04 Å². The van der Waals surface area contributed by atoms with E-state index in [9.17, 15) is 4.79 Å². The Labute approximate surface area is 113 Å². The van der Waals surface area contributed by atoms with Crippen molar-refractivity contribution >= 4 is 23.1 Å². The highest BCUT2D eigenvalue weighted by atomic mass is 32.1. The van der Waals surface area contributed by atoms with Crippen molar-refractivity contribution in [2.45, 2.75) is 19.9 Å². The van der Waals surface area contributed by atoms with Crippen LogP contribution in [0.15, 0.2) is 30.3 Å². The zero-order chi connectivity index (χ0) is 13.5. The summed E-state index contributed by atoms with van der Waals surface area (Å²) < 4.78 is 5.41. The molecule has 0 fully saturated rings. The molecule has 1 aromatic carbocycles. The Kier molecular flexibility index (Phi) is 5.58. The third-order valence-electron chi connectivity index (χ3n) is 2.38. The second kappa shape index (κ2) is 6.96. The van der Waals surface area contributed by atoms with Gasteiger partial charge in [0.1, 0.15) is 5.75 Å². The van der Waals surface area contributed by atoms with E-state index in [1.54, 1.807) is 17.0 Å². The number of ether oxygens (including phenoxy) is 1. The van der Waals surface area contributed by atoms with Crippen molar-refractivity contribution in [2.75, 3.05) is 13.2 Å². The predicted molar refractivity (Wildman–Crippen MR) is 75.6 cm³/mol. The van der Waals surface area contributed by atoms with Crippen molar-refractivity contribution in [3.63, 3.8) is 0 Å². The Morgan fingerprint density at radius 1 is 1.39 bits per heavy atom. The van der Waals surface area contributed by atoms with Crippen molar-refractivity contribution < 1.29 is 9.53 Å². The summed E-state index contributed by atoms with van der Waals surface area (Å²) in [4.78, 5) is 13.9. The molecule has 4 nitrogen and oxygen atoms in total. The number of hydrogen-bond donors (Lipinski definition) is 1. The minimum absolute atomic E-state index is 0.00912. The van der Waals surface area contributed by atoms with Gasteiger partial charge < -0.3 is 15.4 Å². The summed E-state index contributed by atoms with van der Waals surface area (Å²) in [6.07, 6.45) is 0. The van der Waals surface area contributed by atoms with Crippen LogP contribution in [0.2, 0.25) is 0 Å². The lowest BCUT2D eigenvalue weighted by molar-refractivity contribution is -0.134. The van der Waals surface area contributed by atoms with Crippen LogP contribution < -0.4 is 10.5 Å². The van der Waals surface area contributed by atoms with Crippen molar-refractivity contribution in [1.82, 2.24) is 4.90 Å². The zero-order valence-corrected chi connectivity index (χ0v) is 11.4. The summed E-state index contributed by atoms with van der Waals surface area (Å²) in [5.41, 5.74) is 5.47. The van der Waals surface area contributed by atoms with Crippen LogP contribution in [0.4, 0.5) is 0 Å². The first-order valence-electron chi connectivity index (χ1n) is 5.76. The number of carbonyl (C=O) groups excluding carboxylic acids is 1. The van der Waals surface area contributed by atoms with E-state index in [4.69, 9.17) is 22.7 Å². The summed E-state index contributed by atoms with van der Waals surface area (Å²) in [6, 6.07) is 9.26. The summed E-state index contributed by atoms with van der Waals surface area (Å²) in [6.45, 7) is 4.10. The van der Waals surface area contributed by atoms with E-state index in [2.05, 4.69) is 0 Å². The average Bonchev–Trinajstić information content (AvgIpc) is 2.34. The minimum Gasteiger partial charge on any atom is -0.484 e. The maximum Gasteiger partial charge on any atom is 0.261 e. The molecule has 0 aromatic heterocycles. The van der Waals surface area contributed by atoms with Crippen molar-refractivity contribution in [3.8, 4) is 5.75 Å². The number of amides is 1. The molecule has 0 aliphatic carbocycles. The Hall–Kier alpha value is -1.62. The van der Waals surface area contributed by atoms with Gasteiger partial charge >= 0.3 is 0 Å². The van der Waals surface area contributed by atoms with E-state index in [1.165, 1.54) is 0 Å². The van der Waals surface area contributed by atoms with E-state index < -0.39 is 0 Å². The zero-order valence-electron chi connectivity index (χ0n) is 10.6. The number of carbonyl (C=O) groups is 1. The molecule has 0 aliphatic rings. The topological polar surface area (TPSA) is 55.6 Å². The van der Waals surface area contributed by atoms with Crippen LogP contribution in [0.3, 0.4) is 0 Å². The molecule has 5 heteroatoms. The smallest absolute Gasteiger partial charge is 0.261 e. The predicted octanol–water partition coefficient (Wildman–Crippen LogP) is 1.59. The van der Waals surface area contributed by atoms with Gasteiger partial charge in [0.15, 0.2) is 6.61 Å². The fourth-order valence-corrected chi connectivity index (χ4v) is 1.61. The molecule has 0 heterocycles. The highest BCUT2D eigenvalue weighted by Gasteiger charge is 2.18. The number of hydrogen-bond acceptors (Lipinski definition) is 3. The average molecular weight is 266 g/mol. The SMILES string of the molecule is CC(C)N(CC(N)=S)C(=O)COc1ccccc1. The lowest BCUT2D eigenvalue weighted by Crippen LogP contribution is -2.44. The fourth-order valence-electron chi connectivity index (χ4n) is 1.47. The number of para-hydroxylation sites is 1. The second-order valence-corrected chi connectivity index (χ2v) is 4.71. The Morgan fingerprint density at radius 3 is 2.50 bits per heavy atom. The lowest BCUT2D eigenvalue weighted by atomic mass is 10.3. The molecule has 0 atom stereocenters. The largest absolute Gasteiger partial charge is 0.484 e. The van der Waals surface area contributed by atoms with Gasteiger partial charge in [-0.15, -0.1) is 0 Å². The van der Waals surface area contributed by atoms with Gasteiger partial charge in [-0.2, -0.15) is 0 Å². The van der Waals surface area contributed by atoms with Crippen LogP contribution in [0, 0.1) is 0 Å². The van der Waals surface area contributed by atoms with Crippen LogP contribution in [-0.2, 0) is 4.79 Å². The van der Waals surface area contributed by atoms with Gasteiger partial charge in [0.05, 0.1) is 11.5 Å². The van der Waals surface area contributed by atoms with Crippen LogP contribution in [0.25, 0.3) is 0 Å². The number of benzene rings is 1. The summed E-state index contributed by atoms with van der Waals surface area (Å²) in [7, 11) is 0. The van der Waals surface area contributed by atoms with Gasteiger partial charge in [-0.25, -0.2) is 0 Å². The second-order valence-electron chi connectivity index (χ2n) is 4.18. The third kappa shape index (κ3) is 4.71. The molecular formula is C13H18N2O2S. The first-order chi connectivity index (χ1) is 8.50. The molecule has 0 saturated heterocycles. The quantitative estimate of drug-likeness (QED) is 0.794. The molecule has 1 amide bonds. The molecule has 2 N–H and O–H groups in total. The molecule has 1 rings (SSSR count). The van der Waals surface area contributed by atoms with Crippen LogP contribution in [-0.4, -0.2) is 35.0 Å². The highest BCUT2D eigenvalue weighted by molar-refractivity contribution is 7.80. The molecule has 98 valence electrons. The summed E-state index contributed by atoms with van der Waals surface area (Å²) in [5, 5.41) is 0. The van der Waals surface area contributed by atoms with Gasteiger partial charge in [-0.05, 0) is 26.0 Å².